The van der Waals surface area contributed by atoms with E-state index in [9.17, 15) is 13.2 Å². The second-order valence-electron chi connectivity index (χ2n) is 6.06. The summed E-state index contributed by atoms with van der Waals surface area (Å²) in [7, 11) is -3.06. The van der Waals surface area contributed by atoms with Crippen LogP contribution in [0, 0.1) is 6.92 Å². The monoisotopic (exact) mass is 417 g/mol. The highest BCUT2D eigenvalue weighted by molar-refractivity contribution is 7.91. The summed E-state index contributed by atoms with van der Waals surface area (Å²) in [5.74, 6) is 0.379. The number of anilines is 1. The standard InChI is InChI=1S/C16H17Cl2N3O4S/c1-10-7-14(21(20-10)11-5-6-26(23,24)9-11)19-15(22)8-25-16-12(17)3-2-4-13(16)18/h2-4,7,11H,5-6,8-9H2,1H3,(H,19,22). The van der Waals surface area contributed by atoms with Gasteiger partial charge in [-0.3, -0.25) is 4.79 Å². The Kier molecular flexibility index (Phi) is 5.45. The molecule has 1 aromatic carbocycles. The van der Waals surface area contributed by atoms with Crippen molar-refractivity contribution in [3.8, 4) is 5.75 Å². The Morgan fingerprint density at radius 2 is 2.08 bits per heavy atom. The number of benzene rings is 1. The van der Waals surface area contributed by atoms with Gasteiger partial charge in [0.25, 0.3) is 5.91 Å². The predicted octanol–water partition coefficient (Wildman–Crippen LogP) is 2.88. The third-order valence-corrected chi connectivity index (χ3v) is 6.29. The topological polar surface area (TPSA) is 90.3 Å². The van der Waals surface area contributed by atoms with Crippen molar-refractivity contribution in [3.63, 3.8) is 0 Å². The van der Waals surface area contributed by atoms with Gasteiger partial charge >= 0.3 is 0 Å². The zero-order valence-corrected chi connectivity index (χ0v) is 16.2. The minimum atomic E-state index is -3.06. The number of hydrogen-bond acceptors (Lipinski definition) is 5. The van der Waals surface area contributed by atoms with Crippen LogP contribution in [-0.2, 0) is 14.6 Å². The Morgan fingerprint density at radius 1 is 1.38 bits per heavy atom. The number of rotatable bonds is 5. The minimum Gasteiger partial charge on any atom is -0.481 e. The molecule has 1 unspecified atom stereocenters. The van der Waals surface area contributed by atoms with Gasteiger partial charge in [-0.2, -0.15) is 5.10 Å². The molecule has 26 heavy (non-hydrogen) atoms. The average Bonchev–Trinajstić information content (AvgIpc) is 3.08. The van der Waals surface area contributed by atoms with Gasteiger partial charge in [0, 0.05) is 6.07 Å². The molecule has 1 fully saturated rings. The first-order valence-electron chi connectivity index (χ1n) is 7.88. The van der Waals surface area contributed by atoms with Crippen molar-refractivity contribution in [2.24, 2.45) is 0 Å². The summed E-state index contributed by atoms with van der Waals surface area (Å²) in [5, 5.41) is 7.63. The zero-order valence-electron chi connectivity index (χ0n) is 13.9. The Morgan fingerprint density at radius 3 is 2.69 bits per heavy atom. The van der Waals surface area contributed by atoms with Crippen molar-refractivity contribution in [2.75, 3.05) is 23.4 Å². The summed E-state index contributed by atoms with van der Waals surface area (Å²) in [5.41, 5.74) is 0.680. The van der Waals surface area contributed by atoms with Gasteiger partial charge in [0.2, 0.25) is 0 Å². The van der Waals surface area contributed by atoms with Crippen molar-refractivity contribution < 1.29 is 17.9 Å². The third-order valence-electron chi connectivity index (χ3n) is 3.95. The molecular formula is C16H17Cl2N3O4S. The van der Waals surface area contributed by atoms with Crippen LogP contribution in [0.1, 0.15) is 18.2 Å². The lowest BCUT2D eigenvalue weighted by molar-refractivity contribution is -0.118. The van der Waals surface area contributed by atoms with Gasteiger partial charge in [0.1, 0.15) is 5.82 Å². The van der Waals surface area contributed by atoms with Gasteiger partial charge in [-0.15, -0.1) is 0 Å². The summed E-state index contributed by atoms with van der Waals surface area (Å²) >= 11 is 12.0. The third kappa shape index (κ3) is 4.31. The Labute approximate surface area is 161 Å². The van der Waals surface area contributed by atoms with E-state index in [-0.39, 0.29) is 29.9 Å². The number of aromatic nitrogens is 2. The number of aryl methyl sites for hydroxylation is 1. The van der Waals surface area contributed by atoms with E-state index >= 15 is 0 Å². The quantitative estimate of drug-likeness (QED) is 0.807. The highest BCUT2D eigenvalue weighted by atomic mass is 35.5. The highest BCUT2D eigenvalue weighted by Gasteiger charge is 2.31. The minimum absolute atomic E-state index is 0.0166. The molecule has 1 aliphatic rings. The number of ether oxygens (including phenoxy) is 1. The van der Waals surface area contributed by atoms with Gasteiger partial charge in [0.05, 0.1) is 33.3 Å². The van der Waals surface area contributed by atoms with E-state index in [1.807, 2.05) is 0 Å². The number of carbonyl (C=O) groups is 1. The van der Waals surface area contributed by atoms with Crippen LogP contribution in [0.15, 0.2) is 24.3 Å². The first-order chi connectivity index (χ1) is 12.2. The average molecular weight is 418 g/mol. The van der Waals surface area contributed by atoms with E-state index in [1.54, 1.807) is 35.9 Å². The van der Waals surface area contributed by atoms with Gasteiger partial charge < -0.3 is 10.1 Å². The summed E-state index contributed by atoms with van der Waals surface area (Å²) in [6.07, 6.45) is 0.470. The molecule has 0 spiro atoms. The fourth-order valence-corrected chi connectivity index (χ4v) is 4.99. The summed E-state index contributed by atoms with van der Waals surface area (Å²) < 4.78 is 30.4. The number of sulfone groups is 1. The molecule has 140 valence electrons. The lowest BCUT2D eigenvalue weighted by atomic mass is 10.3. The van der Waals surface area contributed by atoms with E-state index in [4.69, 9.17) is 27.9 Å². The molecular weight excluding hydrogens is 401 g/mol. The smallest absolute Gasteiger partial charge is 0.263 e. The van der Waals surface area contributed by atoms with Crippen molar-refractivity contribution in [2.45, 2.75) is 19.4 Å². The van der Waals surface area contributed by atoms with Crippen molar-refractivity contribution in [3.05, 3.63) is 40.0 Å². The van der Waals surface area contributed by atoms with Crippen LogP contribution in [0.2, 0.25) is 10.0 Å². The van der Waals surface area contributed by atoms with Crippen molar-refractivity contribution >= 4 is 44.8 Å². The van der Waals surface area contributed by atoms with Crippen LogP contribution in [0.5, 0.6) is 5.75 Å². The number of nitrogens with zero attached hydrogens (tertiary/aromatic N) is 2. The maximum atomic E-state index is 12.2. The predicted molar refractivity (Wildman–Crippen MR) is 99.9 cm³/mol. The lowest BCUT2D eigenvalue weighted by Gasteiger charge is -2.14. The van der Waals surface area contributed by atoms with E-state index < -0.39 is 15.7 Å². The number of hydrogen-bond donors (Lipinski definition) is 1. The molecule has 3 rings (SSSR count). The molecule has 0 radical (unpaired) electrons. The van der Waals surface area contributed by atoms with Crippen LogP contribution in [0.4, 0.5) is 5.82 Å². The molecule has 10 heteroatoms. The number of amides is 1. The van der Waals surface area contributed by atoms with Gasteiger partial charge in [-0.25, -0.2) is 13.1 Å². The molecule has 2 aromatic rings. The second-order valence-corrected chi connectivity index (χ2v) is 9.10. The maximum Gasteiger partial charge on any atom is 0.263 e. The highest BCUT2D eigenvalue weighted by Crippen LogP contribution is 2.32. The molecule has 0 bridgehead atoms. The van der Waals surface area contributed by atoms with Gasteiger partial charge in [-0.05, 0) is 25.5 Å². The maximum absolute atomic E-state index is 12.2. The number of carbonyl (C=O) groups excluding carboxylic acids is 1. The zero-order chi connectivity index (χ0) is 18.9. The molecule has 0 aliphatic carbocycles. The molecule has 1 amide bonds. The first kappa shape index (κ1) is 19.0. The van der Waals surface area contributed by atoms with Gasteiger partial charge in [-0.1, -0.05) is 29.3 Å². The SMILES string of the molecule is Cc1cc(NC(=O)COc2c(Cl)cccc2Cl)n(C2CCS(=O)(=O)C2)n1. The molecule has 1 atom stereocenters. The largest absolute Gasteiger partial charge is 0.481 e. The van der Waals surface area contributed by atoms with Crippen LogP contribution < -0.4 is 10.1 Å². The molecule has 1 N–H and O–H groups in total. The molecule has 7 nitrogen and oxygen atoms in total. The number of para-hydroxylation sites is 1. The van der Waals surface area contributed by atoms with Crippen LogP contribution in [0.25, 0.3) is 0 Å². The lowest BCUT2D eigenvalue weighted by Crippen LogP contribution is -2.24. The van der Waals surface area contributed by atoms with Crippen molar-refractivity contribution in [1.29, 1.82) is 0 Å². The normalized spacial score (nSPS) is 18.7. The molecule has 2 heterocycles. The van der Waals surface area contributed by atoms with Crippen molar-refractivity contribution in [1.82, 2.24) is 9.78 Å². The Balaban J connectivity index is 1.68. The fourth-order valence-electron chi connectivity index (χ4n) is 2.79. The van der Waals surface area contributed by atoms with E-state index in [2.05, 4.69) is 10.4 Å². The molecule has 1 aromatic heterocycles. The summed E-state index contributed by atoms with van der Waals surface area (Å²) in [6.45, 7) is 1.48. The van der Waals surface area contributed by atoms with Crippen LogP contribution in [0.3, 0.4) is 0 Å². The van der Waals surface area contributed by atoms with E-state index in [1.165, 1.54) is 0 Å². The molecule has 1 saturated heterocycles. The number of nitrogens with one attached hydrogen (secondary N) is 1. The Hall–Kier alpha value is -1.77. The molecule has 0 saturated carbocycles. The van der Waals surface area contributed by atoms with Crippen LogP contribution in [-0.4, -0.2) is 42.2 Å². The van der Waals surface area contributed by atoms with E-state index in [0.717, 1.165) is 0 Å². The Bertz CT molecular complexity index is 923. The second kappa shape index (κ2) is 7.46. The van der Waals surface area contributed by atoms with E-state index in [0.29, 0.717) is 28.0 Å². The molecule has 1 aliphatic heterocycles. The first-order valence-corrected chi connectivity index (χ1v) is 10.5. The summed E-state index contributed by atoms with van der Waals surface area (Å²) in [6, 6.07) is 6.29. The number of halogens is 2. The fraction of sp³-hybridized carbons (Fsp3) is 0.375. The summed E-state index contributed by atoms with van der Waals surface area (Å²) in [4.78, 5) is 12.2. The van der Waals surface area contributed by atoms with Crippen LogP contribution >= 0.6 is 23.2 Å². The van der Waals surface area contributed by atoms with Gasteiger partial charge in [0.15, 0.2) is 22.2 Å².